The molecule has 22 heavy (non-hydrogen) atoms. The van der Waals surface area contributed by atoms with E-state index in [4.69, 9.17) is 0 Å². The van der Waals surface area contributed by atoms with Crippen molar-refractivity contribution in [3.05, 3.63) is 53.3 Å². The average molecular weight is 311 g/mol. The molecule has 1 aliphatic carbocycles. The number of hydrogen-bond acceptors (Lipinski definition) is 3. The summed E-state index contributed by atoms with van der Waals surface area (Å²) in [7, 11) is 0. The Morgan fingerprint density at radius 3 is 2.73 bits per heavy atom. The zero-order valence-corrected chi connectivity index (χ0v) is 11.9. The highest BCUT2D eigenvalue weighted by Gasteiger charge is 2.30. The van der Waals surface area contributed by atoms with Crippen LogP contribution in [0.5, 0.6) is 0 Å². The number of amides is 1. The van der Waals surface area contributed by atoms with Crippen molar-refractivity contribution in [1.82, 2.24) is 10.9 Å². The van der Waals surface area contributed by atoms with Crippen LogP contribution >= 0.6 is 0 Å². The lowest BCUT2D eigenvalue weighted by molar-refractivity contribution is -0.137. The smallest absolute Gasteiger partial charge is 0.376 e. The van der Waals surface area contributed by atoms with Crippen LogP contribution in [0.4, 0.5) is 18.9 Å². The second kappa shape index (κ2) is 6.55. The van der Waals surface area contributed by atoms with Gasteiger partial charge in [-0.15, -0.1) is 0 Å². The summed E-state index contributed by atoms with van der Waals surface area (Å²) < 4.78 is 37.7. The lowest BCUT2D eigenvalue weighted by Crippen LogP contribution is -2.39. The van der Waals surface area contributed by atoms with E-state index < -0.39 is 11.7 Å². The van der Waals surface area contributed by atoms with E-state index in [1.807, 2.05) is 19.1 Å². The first-order valence-corrected chi connectivity index (χ1v) is 6.68. The topological polar surface area (TPSA) is 53.2 Å². The van der Waals surface area contributed by atoms with Gasteiger partial charge in [0.25, 0.3) is 5.91 Å². The highest BCUT2D eigenvalue weighted by molar-refractivity contribution is 5.80. The minimum Gasteiger partial charge on any atom is -0.376 e. The zero-order chi connectivity index (χ0) is 16.2. The van der Waals surface area contributed by atoms with E-state index in [9.17, 15) is 18.0 Å². The lowest BCUT2D eigenvalue weighted by Gasteiger charge is -2.11. The van der Waals surface area contributed by atoms with Crippen LogP contribution in [-0.4, -0.2) is 12.5 Å². The molecule has 0 saturated heterocycles. The summed E-state index contributed by atoms with van der Waals surface area (Å²) in [6, 6.07) is 4.71. The molecule has 0 spiro atoms. The van der Waals surface area contributed by atoms with Crippen molar-refractivity contribution in [1.29, 1.82) is 0 Å². The molecule has 1 amide bonds. The molecule has 0 fully saturated rings. The Balaban J connectivity index is 1.81. The first kappa shape index (κ1) is 15.9. The minimum absolute atomic E-state index is 0.135. The molecule has 2 rings (SSSR count). The molecule has 0 radical (unpaired) electrons. The fourth-order valence-corrected chi connectivity index (χ4v) is 1.92. The predicted octanol–water partition coefficient (Wildman–Crippen LogP) is 2.97. The van der Waals surface area contributed by atoms with Crippen molar-refractivity contribution in [2.45, 2.75) is 19.5 Å². The fourth-order valence-electron chi connectivity index (χ4n) is 1.92. The Hall–Kier alpha value is -2.44. The van der Waals surface area contributed by atoms with Crippen LogP contribution in [-0.2, 0) is 11.0 Å². The Kier molecular flexibility index (Phi) is 4.75. The van der Waals surface area contributed by atoms with Gasteiger partial charge in [-0.1, -0.05) is 17.7 Å². The highest BCUT2D eigenvalue weighted by atomic mass is 19.4. The highest BCUT2D eigenvalue weighted by Crippen LogP contribution is 2.30. The molecule has 0 heterocycles. The number of hydrogen-bond donors (Lipinski definition) is 3. The SMILES string of the molecule is CC1=CC(NNC(=O)CNc2cccc(C(F)(F)F)c2)=CC1. The third kappa shape index (κ3) is 4.54. The van der Waals surface area contributed by atoms with Gasteiger partial charge in [0, 0.05) is 5.69 Å². The Morgan fingerprint density at radius 1 is 1.32 bits per heavy atom. The van der Waals surface area contributed by atoms with E-state index in [0.717, 1.165) is 24.3 Å². The maximum Gasteiger partial charge on any atom is 0.416 e. The van der Waals surface area contributed by atoms with Crippen molar-refractivity contribution in [3.8, 4) is 0 Å². The van der Waals surface area contributed by atoms with Gasteiger partial charge in [0.2, 0.25) is 0 Å². The van der Waals surface area contributed by atoms with Crippen molar-refractivity contribution in [2.24, 2.45) is 0 Å². The van der Waals surface area contributed by atoms with Crippen molar-refractivity contribution < 1.29 is 18.0 Å². The monoisotopic (exact) mass is 311 g/mol. The van der Waals surface area contributed by atoms with Crippen molar-refractivity contribution in [3.63, 3.8) is 0 Å². The van der Waals surface area contributed by atoms with Crippen molar-refractivity contribution >= 4 is 11.6 Å². The maximum absolute atomic E-state index is 12.6. The number of alkyl halides is 3. The normalized spacial score (nSPS) is 14.2. The largest absolute Gasteiger partial charge is 0.416 e. The number of nitrogens with one attached hydrogen (secondary N) is 3. The molecule has 0 aliphatic heterocycles. The van der Waals surface area contributed by atoms with Crippen molar-refractivity contribution in [2.75, 3.05) is 11.9 Å². The Morgan fingerprint density at radius 2 is 2.09 bits per heavy atom. The van der Waals surface area contributed by atoms with Crippen LogP contribution < -0.4 is 16.2 Å². The van der Waals surface area contributed by atoms with Gasteiger partial charge < -0.3 is 5.32 Å². The minimum atomic E-state index is -4.40. The molecular weight excluding hydrogens is 295 g/mol. The summed E-state index contributed by atoms with van der Waals surface area (Å²) in [5.74, 6) is -0.378. The fraction of sp³-hybridized carbons (Fsp3) is 0.267. The lowest BCUT2D eigenvalue weighted by atomic mass is 10.2. The van der Waals surface area contributed by atoms with E-state index in [-0.39, 0.29) is 18.1 Å². The predicted molar refractivity (Wildman–Crippen MR) is 77.7 cm³/mol. The molecule has 0 saturated carbocycles. The molecule has 4 nitrogen and oxygen atoms in total. The molecule has 118 valence electrons. The molecule has 0 atom stereocenters. The van der Waals surface area contributed by atoms with Gasteiger partial charge in [0.15, 0.2) is 0 Å². The summed E-state index contributed by atoms with van der Waals surface area (Å²) in [5.41, 5.74) is 6.68. The van der Waals surface area contributed by atoms with Gasteiger partial charge in [-0.3, -0.25) is 15.6 Å². The third-order valence-corrected chi connectivity index (χ3v) is 3.04. The molecule has 7 heteroatoms. The second-order valence-corrected chi connectivity index (χ2v) is 4.96. The Labute approximate surface area is 126 Å². The van der Waals surface area contributed by atoms with Gasteiger partial charge in [0.1, 0.15) is 0 Å². The molecular formula is C15H16F3N3O. The van der Waals surface area contributed by atoms with Gasteiger partial charge >= 0.3 is 6.18 Å². The standard InChI is InChI=1S/C15H16F3N3O/c1-10-5-6-13(7-10)20-21-14(22)9-19-12-4-2-3-11(8-12)15(16,17)18/h2-4,6-8,19-20H,5,9H2,1H3,(H,21,22). The van der Waals surface area contributed by atoms with E-state index in [1.165, 1.54) is 17.7 Å². The van der Waals surface area contributed by atoms with E-state index in [2.05, 4.69) is 16.2 Å². The molecule has 0 bridgehead atoms. The quantitative estimate of drug-likeness (QED) is 0.733. The summed E-state index contributed by atoms with van der Waals surface area (Å²) in [6.07, 6.45) is 0.262. The number of carbonyl (C=O) groups excluding carboxylic acids is 1. The van der Waals surface area contributed by atoms with E-state index in [1.54, 1.807) is 0 Å². The number of benzene rings is 1. The maximum atomic E-state index is 12.6. The van der Waals surface area contributed by atoms with Crippen LogP contribution in [0.1, 0.15) is 18.9 Å². The van der Waals surface area contributed by atoms with Crippen LogP contribution in [0.2, 0.25) is 0 Å². The first-order valence-electron chi connectivity index (χ1n) is 6.68. The molecule has 1 aliphatic rings. The van der Waals surface area contributed by atoms with Crippen LogP contribution in [0, 0.1) is 0 Å². The number of rotatable bonds is 5. The summed E-state index contributed by atoms with van der Waals surface area (Å²) in [5, 5.41) is 2.65. The van der Waals surface area contributed by atoms with Crippen LogP contribution in [0.3, 0.4) is 0 Å². The molecule has 3 N–H and O–H groups in total. The number of carbonyl (C=O) groups is 1. The molecule has 1 aromatic carbocycles. The third-order valence-electron chi connectivity index (χ3n) is 3.04. The summed E-state index contributed by atoms with van der Waals surface area (Å²) >= 11 is 0. The number of anilines is 1. The Bertz CT molecular complexity index is 621. The average Bonchev–Trinajstić information content (AvgIpc) is 2.88. The summed E-state index contributed by atoms with van der Waals surface area (Å²) in [4.78, 5) is 11.6. The molecule has 1 aromatic rings. The van der Waals surface area contributed by atoms with Crippen LogP contribution in [0.15, 0.2) is 47.7 Å². The second-order valence-electron chi connectivity index (χ2n) is 4.96. The molecule has 0 aromatic heterocycles. The van der Waals surface area contributed by atoms with E-state index in [0.29, 0.717) is 0 Å². The van der Waals surface area contributed by atoms with Gasteiger partial charge in [-0.05, 0) is 37.6 Å². The molecule has 0 unspecified atom stereocenters. The van der Waals surface area contributed by atoms with Gasteiger partial charge in [0.05, 0.1) is 17.8 Å². The number of halogens is 3. The van der Waals surface area contributed by atoms with E-state index >= 15 is 0 Å². The van der Waals surface area contributed by atoms with Crippen LogP contribution in [0.25, 0.3) is 0 Å². The first-order chi connectivity index (χ1) is 10.3. The van der Waals surface area contributed by atoms with Gasteiger partial charge in [-0.2, -0.15) is 13.2 Å². The van der Waals surface area contributed by atoms with Gasteiger partial charge in [-0.25, -0.2) is 0 Å². The number of hydrazine groups is 1. The zero-order valence-electron chi connectivity index (χ0n) is 11.9. The summed E-state index contributed by atoms with van der Waals surface area (Å²) in [6.45, 7) is 1.84. The number of allylic oxidation sites excluding steroid dienone is 3.